The number of hydrogen-bond acceptors (Lipinski definition) is 5. The van der Waals surface area contributed by atoms with E-state index in [1.165, 1.54) is 21.3 Å². The van der Waals surface area contributed by atoms with Gasteiger partial charge in [-0.2, -0.15) is 13.2 Å². The smallest absolute Gasteiger partial charge is 0.407 e. The van der Waals surface area contributed by atoms with Gasteiger partial charge in [0.15, 0.2) is 18.1 Å². The van der Waals surface area contributed by atoms with Gasteiger partial charge in [0, 0.05) is 36.6 Å². The van der Waals surface area contributed by atoms with Crippen molar-refractivity contribution in [3.05, 3.63) is 47.5 Å². The van der Waals surface area contributed by atoms with E-state index in [2.05, 4.69) is 10.3 Å². The maximum atomic E-state index is 13.7. The molecule has 0 spiro atoms. The van der Waals surface area contributed by atoms with Crippen LogP contribution < -0.4 is 14.8 Å². The number of nitrogens with zero attached hydrogens (tertiary/aromatic N) is 1. The number of aromatic amines is 1. The van der Waals surface area contributed by atoms with Gasteiger partial charge in [-0.25, -0.2) is 4.79 Å². The molecule has 38 heavy (non-hydrogen) atoms. The van der Waals surface area contributed by atoms with Crippen molar-refractivity contribution in [1.29, 1.82) is 0 Å². The molecule has 0 saturated carbocycles. The van der Waals surface area contributed by atoms with Gasteiger partial charge in [0.2, 0.25) is 0 Å². The van der Waals surface area contributed by atoms with Crippen LogP contribution in [0.3, 0.4) is 0 Å². The fraction of sp³-hybridized carbons (Fsp3) is 0.407. The number of nitrogens with one attached hydrogen (secondary N) is 2. The van der Waals surface area contributed by atoms with Crippen molar-refractivity contribution >= 4 is 22.9 Å². The molecule has 0 bridgehead atoms. The number of halogens is 3. The molecule has 11 heteroatoms. The third-order valence-corrected chi connectivity index (χ3v) is 6.83. The van der Waals surface area contributed by atoms with E-state index in [1.807, 2.05) is 18.2 Å². The minimum Gasteiger partial charge on any atom is -0.493 e. The van der Waals surface area contributed by atoms with Crippen molar-refractivity contribution in [3.8, 4) is 22.8 Å². The largest absolute Gasteiger partial charge is 0.493 e. The molecule has 3 aromatic rings. The van der Waals surface area contributed by atoms with E-state index in [9.17, 15) is 22.8 Å². The molecule has 2 aromatic carbocycles. The van der Waals surface area contributed by atoms with Crippen LogP contribution in [0.5, 0.6) is 11.5 Å². The summed E-state index contributed by atoms with van der Waals surface area (Å²) < 4.78 is 56.5. The van der Waals surface area contributed by atoms with Crippen LogP contribution in [0.25, 0.3) is 22.2 Å². The molecule has 204 valence electrons. The van der Waals surface area contributed by atoms with Gasteiger partial charge in [-0.05, 0) is 60.2 Å². The number of likely N-dealkylation sites (tertiary alicyclic amines) is 1. The van der Waals surface area contributed by atoms with Crippen LogP contribution in [0, 0.1) is 0 Å². The molecule has 1 saturated heterocycles. The average molecular weight is 534 g/mol. The average Bonchev–Trinajstić information content (AvgIpc) is 3.27. The molecule has 0 radical (unpaired) electrons. The Morgan fingerprint density at radius 2 is 1.76 bits per heavy atom. The second-order valence-electron chi connectivity index (χ2n) is 9.13. The topological polar surface area (TPSA) is 92.9 Å². The van der Waals surface area contributed by atoms with Gasteiger partial charge in [-0.3, -0.25) is 4.79 Å². The maximum Gasteiger partial charge on any atom is 0.407 e. The number of rotatable bonds is 7. The first-order valence-corrected chi connectivity index (χ1v) is 12.2. The number of fused-ring (bicyclic) bond motifs is 1. The van der Waals surface area contributed by atoms with Gasteiger partial charge in [-0.1, -0.05) is 6.07 Å². The van der Waals surface area contributed by atoms with Gasteiger partial charge >= 0.3 is 12.3 Å². The molecule has 0 atom stereocenters. The van der Waals surface area contributed by atoms with E-state index >= 15 is 0 Å². The van der Waals surface area contributed by atoms with E-state index in [0.29, 0.717) is 59.6 Å². The normalized spacial score (nSPS) is 14.4. The van der Waals surface area contributed by atoms with Crippen LogP contribution in [0.4, 0.5) is 18.0 Å². The third-order valence-electron chi connectivity index (χ3n) is 6.83. The van der Waals surface area contributed by atoms with Crippen LogP contribution in [-0.4, -0.2) is 69.0 Å². The number of aromatic nitrogens is 1. The summed E-state index contributed by atoms with van der Waals surface area (Å²) in [5, 5.41) is 2.81. The highest BCUT2D eigenvalue weighted by molar-refractivity contribution is 5.92. The van der Waals surface area contributed by atoms with Gasteiger partial charge in [0.05, 0.1) is 26.3 Å². The highest BCUT2D eigenvalue weighted by atomic mass is 19.4. The summed E-state index contributed by atoms with van der Waals surface area (Å²) in [6.45, 7) is 0.607. The Bertz CT molecular complexity index is 1310. The van der Waals surface area contributed by atoms with Crippen LogP contribution in [0.1, 0.15) is 29.9 Å². The highest BCUT2D eigenvalue weighted by Crippen LogP contribution is 2.40. The summed E-state index contributed by atoms with van der Waals surface area (Å²) >= 11 is 0. The van der Waals surface area contributed by atoms with Crippen LogP contribution in [0.2, 0.25) is 0 Å². The molecule has 4 rings (SSSR count). The number of H-pyrrole nitrogens is 1. The molecule has 1 aromatic heterocycles. The van der Waals surface area contributed by atoms with Crippen LogP contribution in [-0.2, 0) is 16.0 Å². The molecule has 1 aliphatic rings. The lowest BCUT2D eigenvalue weighted by atomic mass is 9.88. The standard InChI is InChI=1S/C27H30F3N3O5/c1-31-26(35)38-15-24(34)33-10-8-16(9-11-33)17-4-6-21-19(12-17)20(14-27(28,29)30)25(32-21)18-5-7-22(36-2)23(13-18)37-3/h4-7,12-13,16,32H,8-11,14-15H2,1-3H3,(H,31,35). The van der Waals surface area contributed by atoms with Gasteiger partial charge in [0.25, 0.3) is 5.91 Å². The predicted molar refractivity (Wildman–Crippen MR) is 136 cm³/mol. The van der Waals surface area contributed by atoms with Gasteiger partial charge in [0.1, 0.15) is 0 Å². The third kappa shape index (κ3) is 5.98. The Balaban J connectivity index is 1.61. The summed E-state index contributed by atoms with van der Waals surface area (Å²) in [4.78, 5) is 28.4. The Kier molecular flexibility index (Phi) is 8.03. The number of hydrogen-bond donors (Lipinski definition) is 2. The molecule has 0 unspecified atom stereocenters. The number of amides is 2. The number of carbonyl (C=O) groups excluding carboxylic acids is 2. The molecular weight excluding hydrogens is 503 g/mol. The number of benzene rings is 2. The van der Waals surface area contributed by atoms with Crippen molar-refractivity contribution in [2.45, 2.75) is 31.4 Å². The van der Waals surface area contributed by atoms with E-state index < -0.39 is 18.7 Å². The summed E-state index contributed by atoms with van der Waals surface area (Å²) in [5.41, 5.74) is 2.64. The van der Waals surface area contributed by atoms with Crippen LogP contribution >= 0.6 is 0 Å². The van der Waals surface area contributed by atoms with Crippen molar-refractivity contribution in [3.63, 3.8) is 0 Å². The lowest BCUT2D eigenvalue weighted by molar-refractivity contribution is -0.135. The number of piperidine rings is 1. The van der Waals surface area contributed by atoms with E-state index in [4.69, 9.17) is 14.2 Å². The van der Waals surface area contributed by atoms with E-state index in [0.717, 1.165) is 5.56 Å². The second-order valence-corrected chi connectivity index (χ2v) is 9.13. The molecular formula is C27H30F3N3O5. The summed E-state index contributed by atoms with van der Waals surface area (Å²) in [5.74, 6) is 0.711. The maximum absolute atomic E-state index is 13.7. The zero-order valence-corrected chi connectivity index (χ0v) is 21.4. The number of methoxy groups -OCH3 is 2. The molecule has 2 amide bonds. The number of ether oxygens (including phenoxy) is 3. The molecule has 2 N–H and O–H groups in total. The van der Waals surface area contributed by atoms with E-state index in [-0.39, 0.29) is 24.0 Å². The fourth-order valence-corrected chi connectivity index (χ4v) is 4.89. The zero-order valence-electron chi connectivity index (χ0n) is 21.4. The summed E-state index contributed by atoms with van der Waals surface area (Å²) in [7, 11) is 4.39. The van der Waals surface area contributed by atoms with Crippen molar-refractivity contribution in [2.24, 2.45) is 0 Å². The monoisotopic (exact) mass is 533 g/mol. The lowest BCUT2D eigenvalue weighted by Gasteiger charge is -2.32. The molecule has 1 aliphatic heterocycles. The Morgan fingerprint density at radius 1 is 1.05 bits per heavy atom. The first-order valence-electron chi connectivity index (χ1n) is 12.2. The first kappa shape index (κ1) is 27.2. The summed E-state index contributed by atoms with van der Waals surface area (Å²) in [6, 6.07) is 10.6. The van der Waals surface area contributed by atoms with Gasteiger partial charge in [-0.15, -0.1) is 0 Å². The minimum atomic E-state index is -4.40. The second kappa shape index (κ2) is 11.2. The summed E-state index contributed by atoms with van der Waals surface area (Å²) in [6.07, 6.45) is -4.86. The number of alkyl carbamates (subject to hydrolysis) is 1. The first-order chi connectivity index (χ1) is 18.1. The Hall–Kier alpha value is -3.89. The molecule has 0 aliphatic carbocycles. The Morgan fingerprint density at radius 3 is 2.39 bits per heavy atom. The zero-order chi connectivity index (χ0) is 27.4. The van der Waals surface area contributed by atoms with Crippen LogP contribution in [0.15, 0.2) is 36.4 Å². The molecule has 2 heterocycles. The number of alkyl halides is 3. The molecule has 8 nitrogen and oxygen atoms in total. The fourth-order valence-electron chi connectivity index (χ4n) is 4.89. The van der Waals surface area contributed by atoms with Crippen molar-refractivity contribution < 1.29 is 37.0 Å². The highest BCUT2D eigenvalue weighted by Gasteiger charge is 2.32. The van der Waals surface area contributed by atoms with Gasteiger partial charge < -0.3 is 29.4 Å². The van der Waals surface area contributed by atoms with E-state index in [1.54, 1.807) is 23.1 Å². The minimum absolute atomic E-state index is 0.0847. The predicted octanol–water partition coefficient (Wildman–Crippen LogP) is 5.02. The lowest BCUT2D eigenvalue weighted by Crippen LogP contribution is -2.40. The quantitative estimate of drug-likeness (QED) is 0.445. The number of carbonyl (C=O) groups is 2. The van der Waals surface area contributed by atoms with Crippen molar-refractivity contribution in [1.82, 2.24) is 15.2 Å². The van der Waals surface area contributed by atoms with Crippen molar-refractivity contribution in [2.75, 3.05) is 41.0 Å². The Labute approximate surface area is 218 Å². The molecule has 1 fully saturated rings. The SMILES string of the molecule is CNC(=O)OCC(=O)N1CCC(c2ccc3[nH]c(-c4ccc(OC)c(OC)c4)c(CC(F)(F)F)c3c2)CC1.